The summed E-state index contributed by atoms with van der Waals surface area (Å²) in [5.74, 6) is 0. The van der Waals surface area contributed by atoms with Crippen LogP contribution in [0, 0.1) is 22.7 Å². The van der Waals surface area contributed by atoms with Gasteiger partial charge in [0.1, 0.15) is 0 Å². The summed E-state index contributed by atoms with van der Waals surface area (Å²) in [4.78, 5) is 0. The quantitative estimate of drug-likeness (QED) is 0.692. The van der Waals surface area contributed by atoms with Crippen LogP contribution in [0.5, 0.6) is 0 Å². The van der Waals surface area contributed by atoms with Crippen molar-refractivity contribution in [2.75, 3.05) is 0 Å². The normalized spacial score (nSPS) is 18.3. The van der Waals surface area contributed by atoms with Crippen molar-refractivity contribution in [2.45, 2.75) is 44.6 Å². The van der Waals surface area contributed by atoms with Gasteiger partial charge in [0.25, 0.3) is 0 Å². The van der Waals surface area contributed by atoms with Crippen LogP contribution in [0.4, 0.5) is 0 Å². The topological polar surface area (TPSA) is 59.6 Å². The number of hydrogen-bond acceptors (Lipinski definition) is 3. The zero-order chi connectivity index (χ0) is 10.2. The lowest BCUT2D eigenvalue weighted by atomic mass is 9.96. The van der Waals surface area contributed by atoms with Crippen LogP contribution in [-0.4, -0.2) is 6.04 Å². The van der Waals surface area contributed by atoms with Gasteiger partial charge in [-0.2, -0.15) is 10.5 Å². The number of allylic oxidation sites excluding steroid dienone is 1. The highest BCUT2D eigenvalue weighted by molar-refractivity contribution is 5.23. The molecule has 1 aliphatic carbocycles. The molecule has 1 aliphatic rings. The first kappa shape index (κ1) is 10.6. The Balaban J connectivity index is 2.36. The highest BCUT2D eigenvalue weighted by Gasteiger charge is 2.11. The molecule has 0 aliphatic heterocycles. The van der Waals surface area contributed by atoms with Gasteiger partial charge < -0.3 is 5.32 Å². The van der Waals surface area contributed by atoms with Gasteiger partial charge >= 0.3 is 0 Å². The van der Waals surface area contributed by atoms with Crippen molar-refractivity contribution < 1.29 is 0 Å². The molecule has 1 saturated carbocycles. The van der Waals surface area contributed by atoms with Gasteiger partial charge in [-0.3, -0.25) is 0 Å². The first-order valence-corrected chi connectivity index (χ1v) is 5.09. The molecule has 0 unspecified atom stereocenters. The van der Waals surface area contributed by atoms with Gasteiger partial charge in [-0.05, 0) is 12.8 Å². The molecule has 0 bridgehead atoms. The van der Waals surface area contributed by atoms with Crippen LogP contribution < -0.4 is 5.32 Å². The molecule has 3 heteroatoms. The maximum atomic E-state index is 8.68. The molecule has 0 aromatic rings. The summed E-state index contributed by atoms with van der Waals surface area (Å²) in [6.45, 7) is 0. The number of nitriles is 2. The average molecular weight is 189 g/mol. The monoisotopic (exact) mass is 189 g/mol. The molecule has 0 aromatic carbocycles. The Morgan fingerprint density at radius 3 is 2.57 bits per heavy atom. The van der Waals surface area contributed by atoms with Crippen molar-refractivity contribution in [2.24, 2.45) is 0 Å². The Kier molecular flexibility index (Phi) is 4.58. The van der Waals surface area contributed by atoms with E-state index in [0.29, 0.717) is 11.6 Å². The highest BCUT2D eigenvalue weighted by atomic mass is 14.9. The van der Waals surface area contributed by atoms with Crippen LogP contribution in [0.25, 0.3) is 0 Å². The van der Waals surface area contributed by atoms with Crippen LogP contribution in [0.1, 0.15) is 38.5 Å². The lowest BCUT2D eigenvalue weighted by Gasteiger charge is -2.21. The third-order valence-corrected chi connectivity index (χ3v) is 2.51. The molecule has 0 heterocycles. The second kappa shape index (κ2) is 6.05. The molecule has 0 spiro atoms. The molecule has 3 nitrogen and oxygen atoms in total. The van der Waals surface area contributed by atoms with Crippen molar-refractivity contribution in [3.63, 3.8) is 0 Å². The molecule has 74 valence electrons. The zero-order valence-electron chi connectivity index (χ0n) is 8.29. The van der Waals surface area contributed by atoms with E-state index in [2.05, 4.69) is 5.32 Å². The Labute approximate surface area is 85.0 Å². The smallest absolute Gasteiger partial charge is 0.0973 e. The fourth-order valence-corrected chi connectivity index (χ4v) is 1.70. The number of nitrogens with zero attached hydrogens (tertiary/aromatic N) is 2. The first-order chi connectivity index (χ1) is 6.86. The average Bonchev–Trinajstić information content (AvgIpc) is 2.25. The van der Waals surface area contributed by atoms with Gasteiger partial charge in [0.05, 0.1) is 24.1 Å². The van der Waals surface area contributed by atoms with Crippen LogP contribution >= 0.6 is 0 Å². The summed E-state index contributed by atoms with van der Waals surface area (Å²) in [5.41, 5.74) is 0.526. The second-order valence-corrected chi connectivity index (χ2v) is 3.62. The van der Waals surface area contributed by atoms with Crippen LogP contribution in [-0.2, 0) is 0 Å². The Bertz CT molecular complexity index is 274. The number of nitrogens with one attached hydrogen (secondary N) is 1. The van der Waals surface area contributed by atoms with E-state index in [1.54, 1.807) is 6.20 Å². The highest BCUT2D eigenvalue weighted by Crippen LogP contribution is 2.17. The minimum atomic E-state index is 0.205. The van der Waals surface area contributed by atoms with Crippen molar-refractivity contribution in [1.29, 1.82) is 10.5 Å². The zero-order valence-corrected chi connectivity index (χ0v) is 8.29. The van der Waals surface area contributed by atoms with Crippen molar-refractivity contribution in [3.8, 4) is 12.1 Å². The molecule has 0 atom stereocenters. The minimum Gasteiger partial charge on any atom is -0.387 e. The fraction of sp³-hybridized carbons (Fsp3) is 0.636. The Morgan fingerprint density at radius 1 is 1.29 bits per heavy atom. The van der Waals surface area contributed by atoms with Gasteiger partial charge in [0, 0.05) is 12.2 Å². The van der Waals surface area contributed by atoms with E-state index in [4.69, 9.17) is 10.5 Å². The number of rotatable bonds is 3. The van der Waals surface area contributed by atoms with Gasteiger partial charge in [0.2, 0.25) is 0 Å². The van der Waals surface area contributed by atoms with Crippen molar-refractivity contribution in [3.05, 3.63) is 11.8 Å². The Hall–Kier alpha value is -1.48. The molecule has 0 saturated heterocycles. The first-order valence-electron chi connectivity index (χ1n) is 5.09. The SMILES string of the molecule is N#CC/C(C#N)=C/NC1CCCCC1. The maximum absolute atomic E-state index is 8.68. The van der Waals surface area contributed by atoms with E-state index < -0.39 is 0 Å². The molecule has 0 aromatic heterocycles. The largest absolute Gasteiger partial charge is 0.387 e. The molecule has 0 amide bonds. The standard InChI is InChI=1S/C11H15N3/c12-7-6-10(8-13)9-14-11-4-2-1-3-5-11/h9,11,14H,1-6H2/b10-9-. The van der Waals surface area contributed by atoms with Gasteiger partial charge in [-0.15, -0.1) is 0 Å². The maximum Gasteiger partial charge on any atom is 0.0973 e. The summed E-state index contributed by atoms with van der Waals surface area (Å²) < 4.78 is 0. The Morgan fingerprint density at radius 2 is 2.00 bits per heavy atom. The van der Waals surface area contributed by atoms with Crippen LogP contribution in [0.2, 0.25) is 0 Å². The molecular weight excluding hydrogens is 174 g/mol. The molecular formula is C11H15N3. The lowest BCUT2D eigenvalue weighted by Crippen LogP contribution is -2.26. The predicted molar refractivity (Wildman–Crippen MR) is 53.9 cm³/mol. The van der Waals surface area contributed by atoms with Gasteiger partial charge in [-0.25, -0.2) is 0 Å². The van der Waals surface area contributed by atoms with Gasteiger partial charge in [-0.1, -0.05) is 19.3 Å². The van der Waals surface area contributed by atoms with Gasteiger partial charge in [0.15, 0.2) is 0 Å². The van der Waals surface area contributed by atoms with E-state index in [0.717, 1.165) is 0 Å². The van der Waals surface area contributed by atoms with E-state index in [1.165, 1.54) is 32.1 Å². The minimum absolute atomic E-state index is 0.205. The lowest BCUT2D eigenvalue weighted by molar-refractivity contribution is 0.404. The molecule has 1 N–H and O–H groups in total. The van der Waals surface area contributed by atoms with E-state index in [1.807, 2.05) is 12.1 Å². The molecule has 1 rings (SSSR count). The van der Waals surface area contributed by atoms with Crippen molar-refractivity contribution in [1.82, 2.24) is 5.32 Å². The predicted octanol–water partition coefficient (Wildman–Crippen LogP) is 2.23. The van der Waals surface area contributed by atoms with Crippen LogP contribution in [0.15, 0.2) is 11.8 Å². The molecule has 1 fully saturated rings. The van der Waals surface area contributed by atoms with E-state index >= 15 is 0 Å². The summed E-state index contributed by atoms with van der Waals surface area (Å²) in [5, 5.41) is 20.3. The number of hydrogen-bond donors (Lipinski definition) is 1. The summed E-state index contributed by atoms with van der Waals surface area (Å²) in [7, 11) is 0. The third kappa shape index (κ3) is 3.49. The third-order valence-electron chi connectivity index (χ3n) is 2.51. The molecule has 0 radical (unpaired) electrons. The second-order valence-electron chi connectivity index (χ2n) is 3.62. The fourth-order valence-electron chi connectivity index (χ4n) is 1.70. The summed E-state index contributed by atoms with van der Waals surface area (Å²) in [6.07, 6.45) is 8.14. The van der Waals surface area contributed by atoms with Crippen molar-refractivity contribution >= 4 is 0 Å². The summed E-state index contributed by atoms with van der Waals surface area (Å²) in [6, 6.07) is 4.50. The van der Waals surface area contributed by atoms with E-state index in [-0.39, 0.29) is 6.42 Å². The van der Waals surface area contributed by atoms with E-state index in [9.17, 15) is 0 Å². The summed E-state index contributed by atoms with van der Waals surface area (Å²) >= 11 is 0. The molecule has 14 heavy (non-hydrogen) atoms. The van der Waals surface area contributed by atoms with Crippen LogP contribution in [0.3, 0.4) is 0 Å².